The van der Waals surface area contributed by atoms with Gasteiger partial charge in [0.25, 0.3) is 0 Å². The molecule has 0 heterocycles. The van der Waals surface area contributed by atoms with Crippen molar-refractivity contribution in [1.82, 2.24) is 0 Å². The monoisotopic (exact) mass is 422 g/mol. The number of hydrogen-bond donors (Lipinski definition) is 0. The fourth-order valence-corrected chi connectivity index (χ4v) is 5.03. The molecule has 2 aliphatic rings. The second-order valence-electron chi connectivity index (χ2n) is 8.52. The zero-order chi connectivity index (χ0) is 21.8. The summed E-state index contributed by atoms with van der Waals surface area (Å²) in [5, 5.41) is 0. The summed E-state index contributed by atoms with van der Waals surface area (Å²) in [6, 6.07) is 15.5. The summed E-state index contributed by atoms with van der Waals surface area (Å²) in [5.41, 5.74) is 1.99. The molecular weight excluding hydrogens is 392 g/mol. The first-order valence-electron chi connectivity index (χ1n) is 11.1. The highest BCUT2D eigenvalue weighted by molar-refractivity contribution is 6.02. The number of carbonyl (C=O) groups excluding carboxylic acids is 2. The molecule has 2 fully saturated rings. The molecule has 0 unspecified atom stereocenters. The predicted molar refractivity (Wildman–Crippen MR) is 118 cm³/mol. The Hall–Kier alpha value is -2.82. The fourth-order valence-electron chi connectivity index (χ4n) is 5.03. The molecule has 2 saturated carbocycles. The average Bonchev–Trinajstić information content (AvgIpc) is 3.17. The minimum Gasteiger partial charge on any atom is -0.497 e. The van der Waals surface area contributed by atoms with E-state index in [1.54, 1.807) is 14.2 Å². The van der Waals surface area contributed by atoms with Crippen molar-refractivity contribution in [3.8, 4) is 11.5 Å². The van der Waals surface area contributed by atoms with Gasteiger partial charge in [0.15, 0.2) is 0 Å². The molecule has 5 nitrogen and oxygen atoms in total. The summed E-state index contributed by atoms with van der Waals surface area (Å²) in [7, 11) is 3.25. The van der Waals surface area contributed by atoms with E-state index in [-0.39, 0.29) is 29.7 Å². The zero-order valence-electron chi connectivity index (χ0n) is 18.2. The van der Waals surface area contributed by atoms with Gasteiger partial charge in [0.1, 0.15) is 29.3 Å². The van der Waals surface area contributed by atoms with Crippen LogP contribution in [0.25, 0.3) is 0 Å². The Balaban J connectivity index is 1.65. The molecule has 2 aromatic carbocycles. The Kier molecular flexibility index (Phi) is 6.59. The van der Waals surface area contributed by atoms with Crippen molar-refractivity contribution in [2.75, 3.05) is 14.2 Å². The maximum absolute atomic E-state index is 13.2. The maximum Gasteiger partial charge on any atom is 0.317 e. The number of ketones is 1. The third-order valence-electron chi connectivity index (χ3n) is 6.69. The van der Waals surface area contributed by atoms with Gasteiger partial charge in [-0.15, -0.1) is 0 Å². The van der Waals surface area contributed by atoms with Crippen LogP contribution in [0.1, 0.15) is 61.5 Å². The van der Waals surface area contributed by atoms with Crippen molar-refractivity contribution in [3.05, 3.63) is 59.7 Å². The van der Waals surface area contributed by atoms with Crippen LogP contribution < -0.4 is 9.47 Å². The number of hydrogen-bond acceptors (Lipinski definition) is 5. The molecule has 0 radical (unpaired) electrons. The molecule has 0 aliphatic heterocycles. The molecule has 0 amide bonds. The molecule has 2 aromatic rings. The molecule has 164 valence electrons. The van der Waals surface area contributed by atoms with Gasteiger partial charge in [-0.2, -0.15) is 0 Å². The first-order chi connectivity index (χ1) is 15.1. The van der Waals surface area contributed by atoms with E-state index >= 15 is 0 Å². The van der Waals surface area contributed by atoms with Gasteiger partial charge in [-0.25, -0.2) is 0 Å². The quantitative estimate of drug-likeness (QED) is 0.482. The van der Waals surface area contributed by atoms with Gasteiger partial charge in [0.2, 0.25) is 0 Å². The number of Topliss-reactive ketones (excluding diaryl/α,β-unsaturated/α-hetero) is 1. The molecule has 31 heavy (non-hydrogen) atoms. The largest absolute Gasteiger partial charge is 0.497 e. The average molecular weight is 423 g/mol. The topological polar surface area (TPSA) is 61.8 Å². The Labute approximate surface area is 183 Å². The van der Waals surface area contributed by atoms with Gasteiger partial charge in [-0.1, -0.05) is 30.7 Å². The van der Waals surface area contributed by atoms with Crippen molar-refractivity contribution in [2.24, 2.45) is 5.92 Å². The first kappa shape index (κ1) is 21.4. The number of carbonyl (C=O) groups is 2. The van der Waals surface area contributed by atoms with Crippen LogP contribution in [0.4, 0.5) is 0 Å². The van der Waals surface area contributed by atoms with Crippen molar-refractivity contribution in [1.29, 1.82) is 0 Å². The van der Waals surface area contributed by atoms with E-state index in [0.29, 0.717) is 6.42 Å². The second-order valence-corrected chi connectivity index (χ2v) is 8.52. The van der Waals surface area contributed by atoms with E-state index in [0.717, 1.165) is 48.3 Å². The van der Waals surface area contributed by atoms with Crippen molar-refractivity contribution < 1.29 is 23.8 Å². The Morgan fingerprint density at radius 3 is 1.90 bits per heavy atom. The van der Waals surface area contributed by atoms with Crippen molar-refractivity contribution in [3.63, 3.8) is 0 Å². The lowest BCUT2D eigenvalue weighted by Crippen LogP contribution is -2.31. The summed E-state index contributed by atoms with van der Waals surface area (Å²) in [4.78, 5) is 26.3. The smallest absolute Gasteiger partial charge is 0.317 e. The van der Waals surface area contributed by atoms with Crippen LogP contribution >= 0.6 is 0 Å². The summed E-state index contributed by atoms with van der Waals surface area (Å²) in [5.74, 6) is -0.0186. The van der Waals surface area contributed by atoms with E-state index in [9.17, 15) is 9.59 Å². The molecule has 3 atom stereocenters. The van der Waals surface area contributed by atoms with E-state index in [1.165, 1.54) is 6.42 Å². The SMILES string of the molecule is COc1ccc([C@H]2[C@H](C(=O)OC3CCCCC3)C(=O)C[C@@H]2c2ccc(OC)cc2)cc1. The van der Waals surface area contributed by atoms with Gasteiger partial charge in [0, 0.05) is 12.3 Å². The Morgan fingerprint density at radius 2 is 1.35 bits per heavy atom. The highest BCUT2D eigenvalue weighted by atomic mass is 16.5. The van der Waals surface area contributed by atoms with Gasteiger partial charge >= 0.3 is 5.97 Å². The fraction of sp³-hybridized carbons (Fsp3) is 0.462. The highest BCUT2D eigenvalue weighted by Crippen LogP contribution is 2.49. The number of methoxy groups -OCH3 is 2. The van der Waals surface area contributed by atoms with Crippen molar-refractivity contribution in [2.45, 2.75) is 56.5 Å². The maximum atomic E-state index is 13.2. The molecule has 4 rings (SSSR count). The molecule has 0 saturated heterocycles. The predicted octanol–water partition coefficient (Wildman–Crippen LogP) is 5.04. The van der Waals surface area contributed by atoms with Crippen LogP contribution in [0.2, 0.25) is 0 Å². The van der Waals surface area contributed by atoms with Crippen LogP contribution in [-0.2, 0) is 14.3 Å². The highest BCUT2D eigenvalue weighted by Gasteiger charge is 2.49. The lowest BCUT2D eigenvalue weighted by molar-refractivity contribution is -0.157. The molecule has 0 spiro atoms. The molecule has 0 N–H and O–H groups in total. The number of benzene rings is 2. The van der Waals surface area contributed by atoms with E-state index < -0.39 is 5.92 Å². The second kappa shape index (κ2) is 9.54. The minimum absolute atomic E-state index is 0.0394. The molecule has 2 aliphatic carbocycles. The lowest BCUT2D eigenvalue weighted by Gasteiger charge is -2.27. The number of esters is 1. The third kappa shape index (κ3) is 4.60. The zero-order valence-corrected chi connectivity index (χ0v) is 18.2. The normalized spacial score (nSPS) is 24.1. The Morgan fingerprint density at radius 1 is 0.806 bits per heavy atom. The van der Waals surface area contributed by atoms with E-state index in [1.807, 2.05) is 48.5 Å². The third-order valence-corrected chi connectivity index (χ3v) is 6.69. The van der Waals surface area contributed by atoms with Crippen LogP contribution in [-0.4, -0.2) is 32.1 Å². The van der Waals surface area contributed by atoms with Crippen LogP contribution in [0.15, 0.2) is 48.5 Å². The summed E-state index contributed by atoms with van der Waals surface area (Å²) < 4.78 is 16.4. The molecule has 0 aromatic heterocycles. The van der Waals surface area contributed by atoms with Crippen molar-refractivity contribution >= 4 is 11.8 Å². The standard InChI is InChI=1S/C26H30O5/c1-29-19-12-8-17(9-13-19)22-16-23(27)25(26(28)31-21-6-4-3-5-7-21)24(22)18-10-14-20(30-2)15-11-18/h8-15,21-22,24-25H,3-7,16H2,1-2H3/t22-,24-,25-/m1/s1. The minimum atomic E-state index is -0.776. The summed E-state index contributed by atoms with van der Waals surface area (Å²) in [6.07, 6.45) is 5.38. The van der Waals surface area contributed by atoms with E-state index in [2.05, 4.69) is 0 Å². The molecular formula is C26H30O5. The first-order valence-corrected chi connectivity index (χ1v) is 11.1. The van der Waals surface area contributed by atoms with Crippen LogP contribution in [0.5, 0.6) is 11.5 Å². The van der Waals surface area contributed by atoms with Crippen LogP contribution in [0, 0.1) is 5.92 Å². The Bertz CT molecular complexity index is 896. The van der Waals surface area contributed by atoms with Gasteiger partial charge in [-0.05, 0) is 67.0 Å². The summed E-state index contributed by atoms with van der Waals surface area (Å²) in [6.45, 7) is 0. The van der Waals surface area contributed by atoms with Gasteiger partial charge in [0.05, 0.1) is 14.2 Å². The number of rotatable bonds is 6. The van der Waals surface area contributed by atoms with Gasteiger partial charge in [-0.3, -0.25) is 9.59 Å². The number of ether oxygens (including phenoxy) is 3. The van der Waals surface area contributed by atoms with Gasteiger partial charge < -0.3 is 14.2 Å². The molecule has 0 bridgehead atoms. The molecule has 5 heteroatoms. The van der Waals surface area contributed by atoms with E-state index in [4.69, 9.17) is 14.2 Å². The lowest BCUT2D eigenvalue weighted by atomic mass is 9.79. The summed E-state index contributed by atoms with van der Waals surface area (Å²) >= 11 is 0. The van der Waals surface area contributed by atoms with Crippen LogP contribution in [0.3, 0.4) is 0 Å².